The van der Waals surface area contributed by atoms with E-state index in [0.717, 1.165) is 25.1 Å². The molecule has 0 spiro atoms. The SMILES string of the molecule is CCCNC(C)c1cccn1Cc1cccnc1OC. The molecule has 1 unspecified atom stereocenters. The highest BCUT2D eigenvalue weighted by Crippen LogP contribution is 2.19. The molecule has 20 heavy (non-hydrogen) atoms. The fourth-order valence-electron chi connectivity index (χ4n) is 2.34. The van der Waals surface area contributed by atoms with Crippen molar-refractivity contribution < 1.29 is 4.74 Å². The van der Waals surface area contributed by atoms with Crippen LogP contribution >= 0.6 is 0 Å². The van der Waals surface area contributed by atoms with Gasteiger partial charge in [-0.05, 0) is 38.1 Å². The highest BCUT2D eigenvalue weighted by Gasteiger charge is 2.11. The number of nitrogens with one attached hydrogen (secondary N) is 1. The number of ether oxygens (including phenoxy) is 1. The van der Waals surface area contributed by atoms with Crippen molar-refractivity contribution in [1.29, 1.82) is 0 Å². The Morgan fingerprint density at radius 2 is 2.20 bits per heavy atom. The molecule has 4 heteroatoms. The smallest absolute Gasteiger partial charge is 0.218 e. The summed E-state index contributed by atoms with van der Waals surface area (Å²) in [7, 11) is 1.66. The molecule has 108 valence electrons. The first-order valence-electron chi connectivity index (χ1n) is 7.12. The molecule has 0 bridgehead atoms. The Morgan fingerprint density at radius 1 is 1.35 bits per heavy atom. The van der Waals surface area contributed by atoms with E-state index in [0.29, 0.717) is 11.9 Å². The van der Waals surface area contributed by atoms with Gasteiger partial charge in [0.05, 0.1) is 13.7 Å². The molecular formula is C16H23N3O. The van der Waals surface area contributed by atoms with E-state index < -0.39 is 0 Å². The minimum atomic E-state index is 0.340. The van der Waals surface area contributed by atoms with Gasteiger partial charge < -0.3 is 14.6 Å². The average molecular weight is 273 g/mol. The van der Waals surface area contributed by atoms with Gasteiger partial charge in [-0.15, -0.1) is 0 Å². The maximum atomic E-state index is 5.32. The minimum Gasteiger partial charge on any atom is -0.481 e. The van der Waals surface area contributed by atoms with Crippen molar-refractivity contribution in [1.82, 2.24) is 14.9 Å². The van der Waals surface area contributed by atoms with Gasteiger partial charge in [0, 0.05) is 29.7 Å². The van der Waals surface area contributed by atoms with Crippen molar-refractivity contribution in [2.75, 3.05) is 13.7 Å². The second-order valence-corrected chi connectivity index (χ2v) is 4.91. The van der Waals surface area contributed by atoms with E-state index in [9.17, 15) is 0 Å². The number of pyridine rings is 1. The predicted octanol–water partition coefficient (Wildman–Crippen LogP) is 3.00. The quantitative estimate of drug-likeness (QED) is 0.843. The molecule has 2 heterocycles. The number of hydrogen-bond donors (Lipinski definition) is 1. The van der Waals surface area contributed by atoms with Crippen LogP contribution in [-0.4, -0.2) is 23.2 Å². The van der Waals surface area contributed by atoms with Gasteiger partial charge in [-0.2, -0.15) is 0 Å². The van der Waals surface area contributed by atoms with E-state index in [1.807, 2.05) is 6.07 Å². The van der Waals surface area contributed by atoms with E-state index >= 15 is 0 Å². The van der Waals surface area contributed by atoms with Crippen LogP contribution in [0.5, 0.6) is 5.88 Å². The first kappa shape index (κ1) is 14.6. The molecule has 0 saturated heterocycles. The molecule has 2 rings (SSSR count). The van der Waals surface area contributed by atoms with Crippen LogP contribution in [0.2, 0.25) is 0 Å². The fraction of sp³-hybridized carbons (Fsp3) is 0.438. The predicted molar refractivity (Wildman–Crippen MR) is 81.0 cm³/mol. The molecule has 0 aliphatic carbocycles. The molecule has 1 N–H and O–H groups in total. The summed E-state index contributed by atoms with van der Waals surface area (Å²) in [5, 5.41) is 3.52. The van der Waals surface area contributed by atoms with Gasteiger partial charge in [0.2, 0.25) is 5.88 Å². The van der Waals surface area contributed by atoms with Gasteiger partial charge in [0.25, 0.3) is 0 Å². The third kappa shape index (κ3) is 3.39. The summed E-state index contributed by atoms with van der Waals surface area (Å²) >= 11 is 0. The molecule has 0 aliphatic heterocycles. The zero-order valence-corrected chi connectivity index (χ0v) is 12.5. The van der Waals surface area contributed by atoms with Crippen LogP contribution in [0.4, 0.5) is 0 Å². The van der Waals surface area contributed by atoms with E-state index in [1.165, 1.54) is 5.69 Å². The molecular weight excluding hydrogens is 250 g/mol. The molecule has 0 amide bonds. The Labute approximate surface area is 120 Å². The summed E-state index contributed by atoms with van der Waals surface area (Å²) in [4.78, 5) is 4.25. The largest absolute Gasteiger partial charge is 0.481 e. The molecule has 0 aromatic carbocycles. The van der Waals surface area contributed by atoms with E-state index in [2.05, 4.69) is 53.1 Å². The third-order valence-electron chi connectivity index (χ3n) is 3.39. The Balaban J connectivity index is 2.16. The Hall–Kier alpha value is -1.81. The molecule has 0 radical (unpaired) electrons. The summed E-state index contributed by atoms with van der Waals surface area (Å²) in [6.07, 6.45) is 5.00. The van der Waals surface area contributed by atoms with Crippen LogP contribution in [0.15, 0.2) is 36.7 Å². The number of methoxy groups -OCH3 is 1. The van der Waals surface area contributed by atoms with Crippen LogP contribution in [0.3, 0.4) is 0 Å². The van der Waals surface area contributed by atoms with Crippen molar-refractivity contribution in [2.45, 2.75) is 32.9 Å². The topological polar surface area (TPSA) is 39.1 Å². The first-order chi connectivity index (χ1) is 9.76. The van der Waals surface area contributed by atoms with Crippen molar-refractivity contribution in [3.05, 3.63) is 47.9 Å². The maximum Gasteiger partial charge on any atom is 0.218 e. The van der Waals surface area contributed by atoms with E-state index in [1.54, 1.807) is 13.3 Å². The monoisotopic (exact) mass is 273 g/mol. The van der Waals surface area contributed by atoms with E-state index in [4.69, 9.17) is 4.74 Å². The Morgan fingerprint density at radius 3 is 2.95 bits per heavy atom. The molecule has 4 nitrogen and oxygen atoms in total. The van der Waals surface area contributed by atoms with Gasteiger partial charge in [-0.3, -0.25) is 0 Å². The summed E-state index contributed by atoms with van der Waals surface area (Å²) in [5.74, 6) is 0.696. The molecule has 0 aliphatic rings. The standard InChI is InChI=1S/C16H23N3O/c1-4-9-17-13(2)15-8-6-11-19(15)12-14-7-5-10-18-16(14)20-3/h5-8,10-11,13,17H,4,9,12H2,1-3H3. The summed E-state index contributed by atoms with van der Waals surface area (Å²) in [6, 6.07) is 8.59. The molecule has 2 aromatic rings. The van der Waals surface area contributed by atoms with Crippen molar-refractivity contribution in [2.24, 2.45) is 0 Å². The lowest BCUT2D eigenvalue weighted by molar-refractivity contribution is 0.390. The van der Waals surface area contributed by atoms with Crippen LogP contribution in [-0.2, 0) is 6.54 Å². The average Bonchev–Trinajstić information content (AvgIpc) is 2.93. The lowest BCUT2D eigenvalue weighted by atomic mass is 10.2. The lowest BCUT2D eigenvalue weighted by Gasteiger charge is -2.17. The summed E-state index contributed by atoms with van der Waals surface area (Å²) in [6.45, 7) is 6.18. The zero-order valence-electron chi connectivity index (χ0n) is 12.5. The van der Waals surface area contributed by atoms with Gasteiger partial charge in [-0.25, -0.2) is 4.98 Å². The maximum absolute atomic E-state index is 5.32. The van der Waals surface area contributed by atoms with Gasteiger partial charge >= 0.3 is 0 Å². The first-order valence-corrected chi connectivity index (χ1v) is 7.12. The molecule has 0 fully saturated rings. The fourth-order valence-corrected chi connectivity index (χ4v) is 2.34. The second kappa shape index (κ2) is 7.10. The summed E-state index contributed by atoms with van der Waals surface area (Å²) < 4.78 is 7.56. The number of nitrogens with zero attached hydrogens (tertiary/aromatic N) is 2. The highest BCUT2D eigenvalue weighted by atomic mass is 16.5. The Kier molecular flexibility index (Phi) is 5.18. The number of aromatic nitrogens is 2. The second-order valence-electron chi connectivity index (χ2n) is 4.91. The minimum absolute atomic E-state index is 0.340. The highest BCUT2D eigenvalue weighted by molar-refractivity contribution is 5.27. The van der Waals surface area contributed by atoms with Crippen LogP contribution < -0.4 is 10.1 Å². The molecule has 2 aromatic heterocycles. The van der Waals surface area contributed by atoms with Crippen molar-refractivity contribution in [3.8, 4) is 5.88 Å². The lowest BCUT2D eigenvalue weighted by Crippen LogP contribution is -2.22. The van der Waals surface area contributed by atoms with Crippen LogP contribution in [0.1, 0.15) is 37.6 Å². The van der Waals surface area contributed by atoms with Crippen molar-refractivity contribution in [3.63, 3.8) is 0 Å². The van der Waals surface area contributed by atoms with Crippen LogP contribution in [0.25, 0.3) is 0 Å². The molecule has 0 saturated carbocycles. The number of rotatable bonds is 7. The van der Waals surface area contributed by atoms with E-state index in [-0.39, 0.29) is 0 Å². The van der Waals surface area contributed by atoms with Gasteiger partial charge in [-0.1, -0.05) is 13.0 Å². The third-order valence-corrected chi connectivity index (χ3v) is 3.39. The van der Waals surface area contributed by atoms with Gasteiger partial charge in [0.1, 0.15) is 0 Å². The van der Waals surface area contributed by atoms with Crippen molar-refractivity contribution >= 4 is 0 Å². The Bertz CT molecular complexity index is 536. The summed E-state index contributed by atoms with van der Waals surface area (Å²) in [5.41, 5.74) is 2.37. The zero-order chi connectivity index (χ0) is 14.4. The molecule has 1 atom stereocenters. The van der Waals surface area contributed by atoms with Crippen LogP contribution in [0, 0.1) is 0 Å². The number of hydrogen-bond acceptors (Lipinski definition) is 3. The normalized spacial score (nSPS) is 12.3. The van der Waals surface area contributed by atoms with Gasteiger partial charge in [0.15, 0.2) is 0 Å².